The highest BCUT2D eigenvalue weighted by Crippen LogP contribution is 2.13. The molecule has 0 N–H and O–H groups in total. The van der Waals surface area contributed by atoms with Crippen LogP contribution in [0.2, 0.25) is 0 Å². The van der Waals surface area contributed by atoms with E-state index in [4.69, 9.17) is 0 Å². The van der Waals surface area contributed by atoms with Gasteiger partial charge in [-0.1, -0.05) is 146 Å². The first kappa shape index (κ1) is 43.4. The van der Waals surface area contributed by atoms with Crippen LogP contribution in [0.4, 0.5) is 0 Å². The molecule has 0 heterocycles. The third-order valence-corrected chi connectivity index (χ3v) is 8.63. The van der Waals surface area contributed by atoms with Crippen LogP contribution in [0.3, 0.4) is 0 Å². The number of nitrogens with zero attached hydrogens (tertiary/aromatic N) is 2. The van der Waals surface area contributed by atoms with Gasteiger partial charge in [-0.05, 0) is 91.1 Å². The van der Waals surface area contributed by atoms with Crippen LogP contribution in [0.25, 0.3) is 0 Å². The molecule has 45 heavy (non-hydrogen) atoms. The van der Waals surface area contributed by atoms with E-state index in [0.717, 1.165) is 45.3 Å². The van der Waals surface area contributed by atoms with Crippen LogP contribution >= 0.6 is 0 Å². The Morgan fingerprint density at radius 1 is 0.489 bits per heavy atom. The Bertz CT molecular complexity index is 687. The van der Waals surface area contributed by atoms with Gasteiger partial charge in [0.25, 0.3) is 0 Å². The summed E-state index contributed by atoms with van der Waals surface area (Å²) in [6.45, 7) is 9.34. The van der Waals surface area contributed by atoms with Crippen LogP contribution in [-0.4, -0.2) is 49.4 Å². The minimum Gasteiger partial charge on any atom is -0.342 e. The molecule has 0 saturated heterocycles. The van der Waals surface area contributed by atoms with Crippen molar-refractivity contribution >= 4 is 5.91 Å². The van der Waals surface area contributed by atoms with Crippen LogP contribution in [0.15, 0.2) is 48.6 Å². The molecular weight excluding hydrogens is 548 g/mol. The van der Waals surface area contributed by atoms with E-state index < -0.39 is 0 Å². The van der Waals surface area contributed by atoms with Crippen LogP contribution < -0.4 is 0 Å². The van der Waals surface area contributed by atoms with Crippen molar-refractivity contribution in [1.82, 2.24) is 9.80 Å². The summed E-state index contributed by atoms with van der Waals surface area (Å²) >= 11 is 0. The molecule has 1 unspecified atom stereocenters. The largest absolute Gasteiger partial charge is 0.342 e. The predicted octanol–water partition coefficient (Wildman–Crippen LogP) is 12.6. The molecule has 3 nitrogen and oxygen atoms in total. The molecule has 0 radical (unpaired) electrons. The fourth-order valence-corrected chi connectivity index (χ4v) is 5.85. The lowest BCUT2D eigenvalue weighted by Gasteiger charge is -2.27. The Labute approximate surface area is 283 Å². The smallest absolute Gasteiger partial charge is 0.226 e. The van der Waals surface area contributed by atoms with Gasteiger partial charge in [-0.3, -0.25) is 4.79 Å². The van der Waals surface area contributed by atoms with E-state index in [1.54, 1.807) is 0 Å². The van der Waals surface area contributed by atoms with Gasteiger partial charge in [0.1, 0.15) is 0 Å². The van der Waals surface area contributed by atoms with Gasteiger partial charge >= 0.3 is 0 Å². The fraction of sp³-hybridized carbons (Fsp3) is 0.786. The third kappa shape index (κ3) is 32.1. The molecule has 0 saturated carbocycles. The number of rotatable bonds is 33. The van der Waals surface area contributed by atoms with Crippen molar-refractivity contribution < 1.29 is 4.79 Å². The van der Waals surface area contributed by atoms with Crippen molar-refractivity contribution in [1.29, 1.82) is 0 Å². The molecule has 262 valence electrons. The van der Waals surface area contributed by atoms with Crippen molar-refractivity contribution in [3.8, 4) is 0 Å². The average Bonchev–Trinajstić information content (AvgIpc) is 3.02. The zero-order valence-corrected chi connectivity index (χ0v) is 31.1. The highest BCUT2D eigenvalue weighted by Gasteiger charge is 2.20. The van der Waals surface area contributed by atoms with E-state index >= 15 is 0 Å². The van der Waals surface area contributed by atoms with Crippen LogP contribution in [-0.2, 0) is 4.79 Å². The maximum absolute atomic E-state index is 13.2. The van der Waals surface area contributed by atoms with Crippen molar-refractivity contribution in [2.24, 2.45) is 5.92 Å². The lowest BCUT2D eigenvalue weighted by atomic mass is 10.1. The number of hydrogen-bond donors (Lipinski definition) is 0. The Morgan fingerprint density at radius 2 is 0.822 bits per heavy atom. The van der Waals surface area contributed by atoms with Gasteiger partial charge in [-0.2, -0.15) is 0 Å². The SMILES string of the molecule is CCCCC/C=C\C/C=C\CCCCCCCCN(CCCCCCCC/C=C\C/C=C\CCCCC)C(=O)C(C)CN(C)C. The normalized spacial score (nSPS) is 13.0. The van der Waals surface area contributed by atoms with Crippen LogP contribution in [0.5, 0.6) is 0 Å². The summed E-state index contributed by atoms with van der Waals surface area (Å²) < 4.78 is 0. The second kappa shape index (κ2) is 35.2. The summed E-state index contributed by atoms with van der Waals surface area (Å²) in [6, 6.07) is 0. The zero-order valence-electron chi connectivity index (χ0n) is 31.1. The van der Waals surface area contributed by atoms with Gasteiger partial charge < -0.3 is 9.80 Å². The Morgan fingerprint density at radius 3 is 1.18 bits per heavy atom. The molecule has 1 atom stereocenters. The van der Waals surface area contributed by atoms with Gasteiger partial charge in [-0.15, -0.1) is 0 Å². The topological polar surface area (TPSA) is 23.6 Å². The zero-order chi connectivity index (χ0) is 33.1. The van der Waals surface area contributed by atoms with E-state index in [0.29, 0.717) is 5.91 Å². The quantitative estimate of drug-likeness (QED) is 0.0534. The second-order valence-electron chi connectivity index (χ2n) is 13.7. The summed E-state index contributed by atoms with van der Waals surface area (Å²) in [7, 11) is 4.14. The number of hydrogen-bond acceptors (Lipinski definition) is 2. The lowest BCUT2D eigenvalue weighted by Crippen LogP contribution is -2.40. The van der Waals surface area contributed by atoms with Crippen molar-refractivity contribution in [3.05, 3.63) is 48.6 Å². The minimum atomic E-state index is 0.0780. The molecule has 0 aromatic rings. The van der Waals surface area contributed by atoms with E-state index in [9.17, 15) is 4.79 Å². The molecule has 0 aliphatic carbocycles. The predicted molar refractivity (Wildman–Crippen MR) is 203 cm³/mol. The molecule has 0 aromatic carbocycles. The maximum atomic E-state index is 13.2. The molecule has 0 aliphatic rings. The first-order chi connectivity index (χ1) is 22.0. The van der Waals surface area contributed by atoms with E-state index in [1.165, 1.54) is 128 Å². The molecule has 0 aliphatic heterocycles. The summed E-state index contributed by atoms with van der Waals surface area (Å²) in [5, 5.41) is 0. The Kier molecular flexibility index (Phi) is 34.0. The van der Waals surface area contributed by atoms with Gasteiger partial charge in [0.2, 0.25) is 5.91 Å². The van der Waals surface area contributed by atoms with Gasteiger partial charge in [0.05, 0.1) is 0 Å². The molecule has 0 spiro atoms. The summed E-state index contributed by atoms with van der Waals surface area (Å²) in [5.41, 5.74) is 0. The number of carbonyl (C=O) groups excluding carboxylic acids is 1. The van der Waals surface area contributed by atoms with Crippen LogP contribution in [0.1, 0.15) is 175 Å². The second-order valence-corrected chi connectivity index (χ2v) is 13.7. The highest BCUT2D eigenvalue weighted by atomic mass is 16.2. The third-order valence-electron chi connectivity index (χ3n) is 8.63. The fourth-order valence-electron chi connectivity index (χ4n) is 5.85. The molecule has 0 fully saturated rings. The number of carbonyl (C=O) groups is 1. The molecule has 0 rings (SSSR count). The summed E-state index contributed by atoms with van der Waals surface area (Å²) in [4.78, 5) is 17.6. The molecule has 0 aromatic heterocycles. The molecule has 0 bridgehead atoms. The van der Waals surface area contributed by atoms with Crippen molar-refractivity contribution in [3.63, 3.8) is 0 Å². The first-order valence-corrected chi connectivity index (χ1v) is 19.6. The minimum absolute atomic E-state index is 0.0780. The number of amides is 1. The molecular formula is C42H78N2O. The van der Waals surface area contributed by atoms with Crippen molar-refractivity contribution in [2.75, 3.05) is 33.7 Å². The molecule has 1 amide bonds. The van der Waals surface area contributed by atoms with Gasteiger partial charge in [-0.25, -0.2) is 0 Å². The first-order valence-electron chi connectivity index (χ1n) is 19.6. The lowest BCUT2D eigenvalue weighted by molar-refractivity contribution is -0.135. The molecule has 3 heteroatoms. The number of allylic oxidation sites excluding steroid dienone is 8. The van der Waals surface area contributed by atoms with E-state index in [-0.39, 0.29) is 5.92 Å². The van der Waals surface area contributed by atoms with Crippen LogP contribution in [0, 0.1) is 5.92 Å². The Hall–Kier alpha value is -1.61. The monoisotopic (exact) mass is 627 g/mol. The van der Waals surface area contributed by atoms with E-state index in [1.807, 2.05) is 0 Å². The maximum Gasteiger partial charge on any atom is 0.226 e. The van der Waals surface area contributed by atoms with E-state index in [2.05, 4.69) is 93.3 Å². The standard InChI is InChI=1S/C42H78N2O/c1-6-8-10-12-14-16-18-20-22-24-26-28-30-32-34-36-38-44(42(45)41(3)40-43(4)5)39-37-35-33-31-29-27-25-23-21-19-17-15-13-11-9-7-2/h14-17,20-23,41H,6-13,18-19,24-40H2,1-5H3/b16-14-,17-15-,22-20-,23-21-. The summed E-state index contributed by atoms with van der Waals surface area (Å²) in [5.74, 6) is 0.433. The Balaban J connectivity index is 4.03. The van der Waals surface area contributed by atoms with Gasteiger partial charge in [0, 0.05) is 25.6 Å². The highest BCUT2D eigenvalue weighted by molar-refractivity contribution is 5.78. The number of unbranched alkanes of at least 4 members (excludes halogenated alkanes) is 18. The summed E-state index contributed by atoms with van der Waals surface area (Å²) in [6.07, 6.45) is 49.0. The van der Waals surface area contributed by atoms with Crippen molar-refractivity contribution in [2.45, 2.75) is 175 Å². The average molecular weight is 627 g/mol. The van der Waals surface area contributed by atoms with Gasteiger partial charge in [0.15, 0.2) is 0 Å².